The van der Waals surface area contributed by atoms with E-state index in [-0.39, 0.29) is 17.9 Å². The number of hydrogen-bond donors (Lipinski definition) is 0. The minimum atomic E-state index is -0.433. The largest absolute Gasteiger partial charge is 0.459 e. The van der Waals surface area contributed by atoms with Gasteiger partial charge in [0.2, 0.25) is 0 Å². The second-order valence-electron chi connectivity index (χ2n) is 5.47. The Morgan fingerprint density at radius 1 is 1.23 bits per heavy atom. The van der Waals surface area contributed by atoms with Gasteiger partial charge in [0.05, 0.1) is 16.5 Å². The van der Waals surface area contributed by atoms with E-state index in [4.69, 9.17) is 27.9 Å². The van der Waals surface area contributed by atoms with Crippen LogP contribution in [0.5, 0.6) is 0 Å². The Balaban J connectivity index is 1.64. The van der Waals surface area contributed by atoms with Crippen molar-refractivity contribution in [3.05, 3.63) is 74.3 Å². The Kier molecular flexibility index (Phi) is 5.86. The average Bonchev–Trinajstić information content (AvgIpc) is 2.60. The lowest BCUT2D eigenvalue weighted by atomic mass is 10.3. The van der Waals surface area contributed by atoms with Gasteiger partial charge < -0.3 is 4.74 Å². The molecule has 0 radical (unpaired) electrons. The van der Waals surface area contributed by atoms with Crippen LogP contribution in [0.15, 0.2) is 52.2 Å². The van der Waals surface area contributed by atoms with Crippen molar-refractivity contribution < 1.29 is 9.53 Å². The summed E-state index contributed by atoms with van der Waals surface area (Å²) in [6, 6.07) is 11.8. The fourth-order valence-electron chi connectivity index (χ4n) is 2.36. The highest BCUT2D eigenvalue weighted by molar-refractivity contribution is 8.00. The first-order valence-electron chi connectivity index (χ1n) is 7.66. The summed E-state index contributed by atoms with van der Waals surface area (Å²) in [7, 11) is 0. The van der Waals surface area contributed by atoms with Crippen molar-refractivity contribution in [2.75, 3.05) is 5.75 Å². The van der Waals surface area contributed by atoms with E-state index in [2.05, 4.69) is 4.98 Å². The molecule has 26 heavy (non-hydrogen) atoms. The molecule has 3 aromatic rings. The first kappa shape index (κ1) is 18.8. The van der Waals surface area contributed by atoms with Crippen molar-refractivity contribution in [1.82, 2.24) is 9.38 Å². The fraction of sp³-hybridized carbons (Fsp3) is 0.167. The van der Waals surface area contributed by atoms with Gasteiger partial charge in [0, 0.05) is 21.7 Å². The van der Waals surface area contributed by atoms with E-state index >= 15 is 0 Å². The number of aromatic nitrogens is 2. The normalized spacial score (nSPS) is 10.9. The Morgan fingerprint density at radius 2 is 2.04 bits per heavy atom. The lowest BCUT2D eigenvalue weighted by Crippen LogP contribution is -2.18. The zero-order chi connectivity index (χ0) is 18.7. The van der Waals surface area contributed by atoms with E-state index in [0.717, 1.165) is 5.69 Å². The number of hydrogen-bond acceptors (Lipinski definition) is 5. The van der Waals surface area contributed by atoms with Gasteiger partial charge in [-0.05, 0) is 37.3 Å². The minimum Gasteiger partial charge on any atom is -0.459 e. The number of fused-ring (bicyclic) bond motifs is 1. The van der Waals surface area contributed by atoms with E-state index < -0.39 is 5.97 Å². The van der Waals surface area contributed by atoms with Gasteiger partial charge >= 0.3 is 5.97 Å². The number of carbonyl (C=O) groups excluding carboxylic acids is 1. The van der Waals surface area contributed by atoms with Gasteiger partial charge in [0.1, 0.15) is 12.3 Å². The van der Waals surface area contributed by atoms with Crippen LogP contribution < -0.4 is 5.56 Å². The molecule has 0 aliphatic heterocycles. The predicted octanol–water partition coefficient (Wildman–Crippen LogP) is 4.15. The molecular weight excluding hydrogens is 395 g/mol. The van der Waals surface area contributed by atoms with Crippen molar-refractivity contribution in [3.63, 3.8) is 0 Å². The molecule has 5 nitrogen and oxygen atoms in total. The first-order valence-corrected chi connectivity index (χ1v) is 9.40. The molecule has 1 aromatic carbocycles. The van der Waals surface area contributed by atoms with Crippen LogP contribution in [0.1, 0.15) is 11.4 Å². The summed E-state index contributed by atoms with van der Waals surface area (Å²) in [5.41, 5.74) is 1.50. The van der Waals surface area contributed by atoms with Gasteiger partial charge in [-0.3, -0.25) is 14.0 Å². The minimum absolute atomic E-state index is 0.0671. The predicted molar refractivity (Wildman–Crippen MR) is 103 cm³/mol. The lowest BCUT2D eigenvalue weighted by Gasteiger charge is -2.08. The number of pyridine rings is 1. The van der Waals surface area contributed by atoms with Gasteiger partial charge in [-0.2, -0.15) is 0 Å². The van der Waals surface area contributed by atoms with Crippen LogP contribution >= 0.6 is 35.0 Å². The topological polar surface area (TPSA) is 60.7 Å². The average molecular weight is 409 g/mol. The molecule has 2 aromatic heterocycles. The summed E-state index contributed by atoms with van der Waals surface area (Å²) >= 11 is 13.2. The van der Waals surface area contributed by atoms with Crippen LogP contribution in [0.2, 0.25) is 10.0 Å². The number of carbonyl (C=O) groups is 1. The Hall–Kier alpha value is -2.02. The molecule has 134 valence electrons. The smallest absolute Gasteiger partial charge is 0.316 e. The van der Waals surface area contributed by atoms with Crippen molar-refractivity contribution in [1.29, 1.82) is 0 Å². The lowest BCUT2D eigenvalue weighted by molar-refractivity contribution is -0.141. The van der Waals surface area contributed by atoms with Crippen molar-refractivity contribution in [3.8, 4) is 0 Å². The Labute approximate surface area is 163 Å². The third kappa shape index (κ3) is 4.38. The molecule has 2 heterocycles. The molecule has 3 rings (SSSR count). The molecule has 0 atom stereocenters. The number of thioether (sulfide) groups is 1. The summed E-state index contributed by atoms with van der Waals surface area (Å²) in [6.45, 7) is 1.76. The van der Waals surface area contributed by atoms with E-state index in [1.807, 2.05) is 19.1 Å². The second kappa shape index (κ2) is 8.12. The highest BCUT2D eigenvalue weighted by atomic mass is 35.5. The maximum absolute atomic E-state index is 12.2. The van der Waals surface area contributed by atoms with Gasteiger partial charge in [-0.25, -0.2) is 4.98 Å². The van der Waals surface area contributed by atoms with Gasteiger partial charge in [-0.15, -0.1) is 11.8 Å². The van der Waals surface area contributed by atoms with E-state index in [1.54, 1.807) is 24.3 Å². The maximum atomic E-state index is 12.2. The van der Waals surface area contributed by atoms with Crippen LogP contribution in [-0.4, -0.2) is 21.1 Å². The Morgan fingerprint density at radius 3 is 2.85 bits per heavy atom. The SMILES string of the molecule is Cc1cccc2nc(COC(=O)CSc3cc(Cl)ccc3Cl)cc(=O)n12. The number of nitrogens with zero attached hydrogens (tertiary/aromatic N) is 2. The molecule has 0 bridgehead atoms. The van der Waals surface area contributed by atoms with Crippen molar-refractivity contribution in [2.45, 2.75) is 18.4 Å². The number of esters is 1. The van der Waals surface area contributed by atoms with Crippen LogP contribution in [0.4, 0.5) is 0 Å². The molecule has 0 saturated heterocycles. The van der Waals surface area contributed by atoms with E-state index in [0.29, 0.717) is 26.3 Å². The molecule has 8 heteroatoms. The summed E-state index contributed by atoms with van der Waals surface area (Å²) in [5.74, 6) is -0.358. The molecule has 0 saturated carbocycles. The van der Waals surface area contributed by atoms with Gasteiger partial charge in [0.15, 0.2) is 0 Å². The second-order valence-corrected chi connectivity index (χ2v) is 7.33. The van der Waals surface area contributed by atoms with Crippen LogP contribution in [0.3, 0.4) is 0 Å². The van der Waals surface area contributed by atoms with Gasteiger partial charge in [0.25, 0.3) is 5.56 Å². The monoisotopic (exact) mass is 408 g/mol. The number of ether oxygens (including phenoxy) is 1. The summed E-state index contributed by atoms with van der Waals surface area (Å²) in [4.78, 5) is 29.2. The van der Waals surface area contributed by atoms with E-state index in [9.17, 15) is 9.59 Å². The molecule has 0 aliphatic carbocycles. The zero-order valence-corrected chi connectivity index (χ0v) is 16.1. The van der Waals surface area contributed by atoms with Crippen molar-refractivity contribution in [2.24, 2.45) is 0 Å². The number of aryl methyl sites for hydroxylation is 1. The first-order chi connectivity index (χ1) is 12.4. The van der Waals surface area contributed by atoms with Crippen LogP contribution in [0.25, 0.3) is 5.65 Å². The standard InChI is InChI=1S/C18H14Cl2N2O3S/c1-11-3-2-4-16-21-13(8-17(23)22(11)16)9-25-18(24)10-26-15-7-12(19)5-6-14(15)20/h2-8H,9-10H2,1H3. The number of rotatable bonds is 5. The third-order valence-electron chi connectivity index (χ3n) is 3.55. The third-order valence-corrected chi connectivity index (χ3v) is 5.26. The van der Waals surface area contributed by atoms with Crippen molar-refractivity contribution >= 4 is 46.6 Å². The summed E-state index contributed by atoms with van der Waals surface area (Å²) in [6.07, 6.45) is 0. The van der Waals surface area contributed by atoms with Gasteiger partial charge in [-0.1, -0.05) is 29.3 Å². The number of benzene rings is 1. The molecule has 0 unspecified atom stereocenters. The van der Waals surface area contributed by atoms with E-state index in [1.165, 1.54) is 22.2 Å². The molecule has 0 fully saturated rings. The Bertz CT molecular complexity index is 1040. The quantitative estimate of drug-likeness (QED) is 0.468. The zero-order valence-electron chi connectivity index (χ0n) is 13.7. The van der Waals surface area contributed by atoms with Crippen LogP contribution in [-0.2, 0) is 16.1 Å². The molecule has 0 aliphatic rings. The summed E-state index contributed by atoms with van der Waals surface area (Å²) in [5, 5.41) is 1.06. The number of halogens is 2. The highest BCUT2D eigenvalue weighted by Crippen LogP contribution is 2.29. The fourth-order valence-corrected chi connectivity index (χ4v) is 3.65. The molecule has 0 N–H and O–H groups in total. The maximum Gasteiger partial charge on any atom is 0.316 e. The molecule has 0 amide bonds. The summed E-state index contributed by atoms with van der Waals surface area (Å²) < 4.78 is 6.71. The molecular formula is C18H14Cl2N2O3S. The van der Waals surface area contributed by atoms with Crippen LogP contribution in [0, 0.1) is 6.92 Å². The highest BCUT2D eigenvalue weighted by Gasteiger charge is 2.10. The molecule has 0 spiro atoms.